The van der Waals surface area contributed by atoms with E-state index >= 15 is 0 Å². The van der Waals surface area contributed by atoms with Gasteiger partial charge in [0.1, 0.15) is 6.61 Å². The molecule has 0 spiro atoms. The summed E-state index contributed by atoms with van der Waals surface area (Å²) in [5.74, 6) is -1.25. The third kappa shape index (κ3) is 5.39. The number of rotatable bonds is 9. The minimum atomic E-state index is -0.856. The summed E-state index contributed by atoms with van der Waals surface area (Å²) >= 11 is 0. The fraction of sp³-hybridized carbons (Fsp3) is 0.423. The van der Waals surface area contributed by atoms with Gasteiger partial charge in [-0.15, -0.1) is 0 Å². The maximum Gasteiger partial charge on any atom is 0.407 e. The summed E-state index contributed by atoms with van der Waals surface area (Å²) < 4.78 is 11.1. The number of nitrogens with one attached hydrogen (secondary N) is 2. The van der Waals surface area contributed by atoms with Crippen molar-refractivity contribution in [3.63, 3.8) is 0 Å². The molecular formula is C26H30N2O6. The number of carbonyl (C=O) groups is 3. The van der Waals surface area contributed by atoms with Crippen LogP contribution in [-0.2, 0) is 19.1 Å². The van der Waals surface area contributed by atoms with Crippen LogP contribution in [0.25, 0.3) is 11.1 Å². The Kier molecular flexibility index (Phi) is 7.47. The molecule has 0 radical (unpaired) electrons. The Hall–Kier alpha value is -3.39. The van der Waals surface area contributed by atoms with Crippen molar-refractivity contribution in [2.45, 2.75) is 44.2 Å². The summed E-state index contributed by atoms with van der Waals surface area (Å²) in [4.78, 5) is 35.9. The molecule has 8 nitrogen and oxygen atoms in total. The lowest BCUT2D eigenvalue weighted by Gasteiger charge is -2.20. The van der Waals surface area contributed by atoms with Gasteiger partial charge in [-0.05, 0) is 41.0 Å². The zero-order valence-electron chi connectivity index (χ0n) is 19.2. The van der Waals surface area contributed by atoms with Gasteiger partial charge >= 0.3 is 12.1 Å². The van der Waals surface area contributed by atoms with Crippen molar-refractivity contribution in [1.29, 1.82) is 0 Å². The lowest BCUT2D eigenvalue weighted by atomic mass is 9.98. The standard InChI is InChI=1S/C26H30N2O6/c1-16(14-23(29)30)10-12-27-25(31)24-22(11-13-33-24)28-26(32)34-15-21-19-8-4-2-6-17(19)18-7-3-5-9-20(18)21/h2-9,16,21-22,24H,10-15H2,1H3,(H,27,31)(H,28,32)(H,29,30). The molecule has 0 saturated carbocycles. The van der Waals surface area contributed by atoms with Crippen LogP contribution in [-0.4, -0.2) is 55.0 Å². The zero-order chi connectivity index (χ0) is 24.1. The second-order valence-corrected chi connectivity index (χ2v) is 8.94. The molecule has 180 valence electrons. The van der Waals surface area contributed by atoms with Crippen molar-refractivity contribution < 1.29 is 29.0 Å². The minimum absolute atomic E-state index is 0.0372. The predicted octanol–water partition coefficient (Wildman–Crippen LogP) is 3.30. The molecule has 1 heterocycles. The topological polar surface area (TPSA) is 114 Å². The molecule has 4 rings (SSSR count). The van der Waals surface area contributed by atoms with Crippen LogP contribution in [0.1, 0.15) is 43.2 Å². The van der Waals surface area contributed by atoms with Crippen LogP contribution in [0, 0.1) is 5.92 Å². The Morgan fingerprint density at radius 3 is 2.38 bits per heavy atom. The van der Waals surface area contributed by atoms with Gasteiger partial charge in [0.2, 0.25) is 0 Å². The van der Waals surface area contributed by atoms with E-state index in [1.807, 2.05) is 31.2 Å². The van der Waals surface area contributed by atoms with Crippen molar-refractivity contribution in [3.05, 3.63) is 59.7 Å². The average molecular weight is 467 g/mol. The fourth-order valence-corrected chi connectivity index (χ4v) is 4.73. The zero-order valence-corrected chi connectivity index (χ0v) is 19.2. The second kappa shape index (κ2) is 10.7. The largest absolute Gasteiger partial charge is 0.481 e. The van der Waals surface area contributed by atoms with E-state index in [2.05, 4.69) is 34.9 Å². The van der Waals surface area contributed by atoms with Gasteiger partial charge in [0, 0.05) is 25.5 Å². The fourth-order valence-electron chi connectivity index (χ4n) is 4.73. The SMILES string of the molecule is CC(CCNC(=O)C1OCCC1NC(=O)OCC1c2ccccc2-c2ccccc21)CC(=O)O. The molecule has 1 saturated heterocycles. The van der Waals surface area contributed by atoms with Crippen LogP contribution in [0.3, 0.4) is 0 Å². The van der Waals surface area contributed by atoms with E-state index in [4.69, 9.17) is 14.6 Å². The monoisotopic (exact) mass is 466 g/mol. The van der Waals surface area contributed by atoms with Crippen LogP contribution in [0.5, 0.6) is 0 Å². The molecule has 1 aliphatic heterocycles. The van der Waals surface area contributed by atoms with Crippen LogP contribution in [0.4, 0.5) is 4.79 Å². The maximum absolute atomic E-state index is 12.6. The third-order valence-corrected chi connectivity index (χ3v) is 6.46. The summed E-state index contributed by atoms with van der Waals surface area (Å²) in [6.07, 6.45) is -0.255. The normalized spacial score (nSPS) is 19.7. The highest BCUT2D eigenvalue weighted by Gasteiger charge is 2.36. The first-order valence-corrected chi connectivity index (χ1v) is 11.7. The van der Waals surface area contributed by atoms with Gasteiger partial charge in [0.15, 0.2) is 6.10 Å². The lowest BCUT2D eigenvalue weighted by molar-refractivity contribution is -0.138. The predicted molar refractivity (Wildman–Crippen MR) is 125 cm³/mol. The summed E-state index contributed by atoms with van der Waals surface area (Å²) in [5, 5.41) is 14.4. The average Bonchev–Trinajstić information content (AvgIpc) is 3.39. The first kappa shape index (κ1) is 23.8. The van der Waals surface area contributed by atoms with Crippen molar-refractivity contribution >= 4 is 18.0 Å². The van der Waals surface area contributed by atoms with Crippen molar-refractivity contribution in [1.82, 2.24) is 10.6 Å². The number of carboxylic acids is 1. The molecule has 2 aromatic carbocycles. The number of carboxylic acid groups (broad SMARTS) is 1. The quantitative estimate of drug-likeness (QED) is 0.523. The summed E-state index contributed by atoms with van der Waals surface area (Å²) in [6.45, 7) is 2.74. The highest BCUT2D eigenvalue weighted by atomic mass is 16.6. The Labute approximate surface area is 198 Å². The Morgan fingerprint density at radius 1 is 1.09 bits per heavy atom. The van der Waals surface area contributed by atoms with E-state index in [0.717, 1.165) is 22.3 Å². The molecule has 0 aromatic heterocycles. The number of amides is 2. The highest BCUT2D eigenvalue weighted by Crippen LogP contribution is 2.44. The molecule has 1 aliphatic carbocycles. The van der Waals surface area contributed by atoms with Gasteiger partial charge in [0.25, 0.3) is 5.91 Å². The van der Waals surface area contributed by atoms with Crippen molar-refractivity contribution in [3.8, 4) is 11.1 Å². The Balaban J connectivity index is 1.28. The minimum Gasteiger partial charge on any atom is -0.481 e. The molecule has 2 aromatic rings. The van der Waals surface area contributed by atoms with Crippen LogP contribution < -0.4 is 10.6 Å². The number of hydrogen-bond donors (Lipinski definition) is 3. The van der Waals surface area contributed by atoms with E-state index < -0.39 is 24.2 Å². The second-order valence-electron chi connectivity index (χ2n) is 8.94. The first-order valence-electron chi connectivity index (χ1n) is 11.7. The number of ether oxygens (including phenoxy) is 2. The molecule has 2 amide bonds. The smallest absolute Gasteiger partial charge is 0.407 e. The number of hydrogen-bond acceptors (Lipinski definition) is 5. The summed E-state index contributed by atoms with van der Waals surface area (Å²) in [7, 11) is 0. The molecule has 3 unspecified atom stereocenters. The van der Waals surface area contributed by atoms with E-state index in [0.29, 0.717) is 26.0 Å². The number of alkyl carbamates (subject to hydrolysis) is 1. The molecule has 0 bridgehead atoms. The first-order chi connectivity index (χ1) is 16.4. The highest BCUT2D eigenvalue weighted by molar-refractivity contribution is 5.83. The summed E-state index contributed by atoms with van der Waals surface area (Å²) in [5.41, 5.74) is 4.58. The van der Waals surface area contributed by atoms with Gasteiger partial charge in [-0.25, -0.2) is 4.79 Å². The Bertz CT molecular complexity index is 1010. The molecule has 3 N–H and O–H groups in total. The molecule has 1 fully saturated rings. The number of benzene rings is 2. The molecule has 34 heavy (non-hydrogen) atoms. The van der Waals surface area contributed by atoms with E-state index in [1.165, 1.54) is 0 Å². The molecule has 3 atom stereocenters. The van der Waals surface area contributed by atoms with Gasteiger partial charge in [-0.1, -0.05) is 55.5 Å². The van der Waals surface area contributed by atoms with Gasteiger partial charge in [0.05, 0.1) is 6.04 Å². The molecule has 8 heteroatoms. The van der Waals surface area contributed by atoms with E-state index in [1.54, 1.807) is 0 Å². The lowest BCUT2D eigenvalue weighted by Crippen LogP contribution is -2.48. The van der Waals surface area contributed by atoms with Gasteiger partial charge in [-0.2, -0.15) is 0 Å². The van der Waals surface area contributed by atoms with Gasteiger partial charge in [-0.3, -0.25) is 9.59 Å². The Morgan fingerprint density at radius 2 is 1.74 bits per heavy atom. The molecule has 2 aliphatic rings. The number of aliphatic carboxylic acids is 1. The maximum atomic E-state index is 12.6. The van der Waals surface area contributed by atoms with Crippen LogP contribution in [0.15, 0.2) is 48.5 Å². The van der Waals surface area contributed by atoms with Crippen LogP contribution >= 0.6 is 0 Å². The van der Waals surface area contributed by atoms with Crippen LogP contribution in [0.2, 0.25) is 0 Å². The number of fused-ring (bicyclic) bond motifs is 3. The molecular weight excluding hydrogens is 436 g/mol. The van der Waals surface area contributed by atoms with Crippen molar-refractivity contribution in [2.24, 2.45) is 5.92 Å². The van der Waals surface area contributed by atoms with E-state index in [9.17, 15) is 14.4 Å². The number of carbonyl (C=O) groups excluding carboxylic acids is 2. The van der Waals surface area contributed by atoms with Crippen molar-refractivity contribution in [2.75, 3.05) is 19.8 Å². The summed E-state index contributed by atoms with van der Waals surface area (Å²) in [6, 6.07) is 15.8. The van der Waals surface area contributed by atoms with Gasteiger partial charge < -0.3 is 25.2 Å². The third-order valence-electron chi connectivity index (χ3n) is 6.46. The van der Waals surface area contributed by atoms with E-state index in [-0.39, 0.29) is 30.8 Å².